The predicted molar refractivity (Wildman–Crippen MR) is 78.8 cm³/mol. The molecule has 0 saturated carbocycles. The number of hydrogen-bond acceptors (Lipinski definition) is 3. The third kappa shape index (κ3) is 2.19. The summed E-state index contributed by atoms with van der Waals surface area (Å²) in [5, 5.41) is 3.99. The van der Waals surface area contributed by atoms with Crippen LogP contribution in [0.15, 0.2) is 36.4 Å². The first kappa shape index (κ1) is 12.1. The van der Waals surface area contributed by atoms with Crippen molar-refractivity contribution < 1.29 is 4.39 Å². The highest BCUT2D eigenvalue weighted by molar-refractivity contribution is 7.22. The van der Waals surface area contributed by atoms with Gasteiger partial charge in [0.25, 0.3) is 0 Å². The van der Waals surface area contributed by atoms with Crippen molar-refractivity contribution in [3.63, 3.8) is 0 Å². The van der Waals surface area contributed by atoms with E-state index in [9.17, 15) is 4.39 Å². The van der Waals surface area contributed by atoms with Gasteiger partial charge in [-0.25, -0.2) is 9.37 Å². The summed E-state index contributed by atoms with van der Waals surface area (Å²) in [4.78, 5) is 4.56. The van der Waals surface area contributed by atoms with Gasteiger partial charge in [-0.05, 0) is 37.6 Å². The van der Waals surface area contributed by atoms with E-state index in [1.165, 1.54) is 6.07 Å². The van der Waals surface area contributed by atoms with E-state index in [-0.39, 0.29) is 5.82 Å². The van der Waals surface area contributed by atoms with Crippen molar-refractivity contribution in [2.75, 3.05) is 5.32 Å². The molecule has 3 aromatic rings. The minimum absolute atomic E-state index is 0.206. The van der Waals surface area contributed by atoms with E-state index in [4.69, 9.17) is 0 Å². The first-order chi connectivity index (χ1) is 9.15. The molecule has 0 spiro atoms. The fraction of sp³-hybridized carbons (Fsp3) is 0.133. The lowest BCUT2D eigenvalue weighted by Crippen LogP contribution is -1.94. The number of nitrogens with zero attached hydrogens (tertiary/aromatic N) is 1. The van der Waals surface area contributed by atoms with E-state index in [2.05, 4.69) is 10.3 Å². The molecule has 19 heavy (non-hydrogen) atoms. The van der Waals surface area contributed by atoms with E-state index in [0.717, 1.165) is 26.6 Å². The molecule has 4 heteroatoms. The van der Waals surface area contributed by atoms with Crippen molar-refractivity contribution in [3.8, 4) is 0 Å². The van der Waals surface area contributed by atoms with Crippen molar-refractivity contribution in [1.29, 1.82) is 0 Å². The lowest BCUT2D eigenvalue weighted by molar-refractivity contribution is 0.619. The van der Waals surface area contributed by atoms with E-state index < -0.39 is 0 Å². The fourth-order valence-corrected chi connectivity index (χ4v) is 2.95. The molecule has 0 saturated heterocycles. The minimum Gasteiger partial charge on any atom is -0.331 e. The summed E-state index contributed by atoms with van der Waals surface area (Å²) in [7, 11) is 0. The second-order valence-corrected chi connectivity index (χ2v) is 5.51. The predicted octanol–water partition coefficient (Wildman–Crippen LogP) is 4.80. The highest BCUT2D eigenvalue weighted by Crippen LogP contribution is 2.31. The maximum atomic E-state index is 13.5. The van der Waals surface area contributed by atoms with E-state index in [0.29, 0.717) is 5.56 Å². The Kier molecular flexibility index (Phi) is 2.95. The number of anilines is 2. The second-order valence-electron chi connectivity index (χ2n) is 4.48. The summed E-state index contributed by atoms with van der Waals surface area (Å²) in [5.74, 6) is -0.206. The molecule has 2 nitrogen and oxygen atoms in total. The number of rotatable bonds is 2. The smallest absolute Gasteiger partial charge is 0.188 e. The van der Waals surface area contributed by atoms with E-state index in [1.54, 1.807) is 24.3 Å². The number of para-hydroxylation sites is 1. The Morgan fingerprint density at radius 2 is 1.89 bits per heavy atom. The molecule has 3 rings (SSSR count). The Hall–Kier alpha value is -1.94. The maximum Gasteiger partial charge on any atom is 0.188 e. The first-order valence-corrected chi connectivity index (χ1v) is 6.85. The van der Waals surface area contributed by atoms with Crippen molar-refractivity contribution in [3.05, 3.63) is 53.3 Å². The summed E-state index contributed by atoms with van der Waals surface area (Å²) >= 11 is 1.58. The van der Waals surface area contributed by atoms with E-state index in [1.807, 2.05) is 31.2 Å². The van der Waals surface area contributed by atoms with Gasteiger partial charge in [-0.3, -0.25) is 0 Å². The van der Waals surface area contributed by atoms with Gasteiger partial charge in [-0.2, -0.15) is 0 Å². The molecule has 96 valence electrons. The third-order valence-corrected chi connectivity index (χ3v) is 4.07. The van der Waals surface area contributed by atoms with Crippen molar-refractivity contribution >= 4 is 32.4 Å². The normalized spacial score (nSPS) is 10.9. The number of benzene rings is 2. The molecule has 0 radical (unpaired) electrons. The van der Waals surface area contributed by atoms with Gasteiger partial charge in [-0.1, -0.05) is 29.5 Å². The molecule has 0 aliphatic heterocycles. The lowest BCUT2D eigenvalue weighted by atomic mass is 10.2. The standard InChI is InChI=1S/C15H13FN2S/c1-9-5-3-8-13-14(9)18-15(19-13)17-12-7-4-6-11(16)10(12)2/h3-8H,1-2H3,(H,17,18). The molecule has 0 bridgehead atoms. The second kappa shape index (κ2) is 4.63. The lowest BCUT2D eigenvalue weighted by Gasteiger charge is -2.06. The number of halogens is 1. The number of aryl methyl sites for hydroxylation is 1. The molecular weight excluding hydrogens is 259 g/mol. The molecule has 0 unspecified atom stereocenters. The van der Waals surface area contributed by atoms with Gasteiger partial charge in [0.05, 0.1) is 10.2 Å². The largest absolute Gasteiger partial charge is 0.331 e. The summed E-state index contributed by atoms with van der Waals surface area (Å²) in [5.41, 5.74) is 3.53. The summed E-state index contributed by atoms with van der Waals surface area (Å²) in [6, 6.07) is 11.1. The third-order valence-electron chi connectivity index (χ3n) is 3.13. The molecule has 1 N–H and O–H groups in total. The van der Waals surface area contributed by atoms with Crippen molar-refractivity contribution in [2.45, 2.75) is 13.8 Å². The van der Waals surface area contributed by atoms with Gasteiger partial charge < -0.3 is 5.32 Å². The Balaban J connectivity index is 2.02. The average molecular weight is 272 g/mol. The average Bonchev–Trinajstić information content (AvgIpc) is 2.79. The number of hydrogen-bond donors (Lipinski definition) is 1. The van der Waals surface area contributed by atoms with Gasteiger partial charge in [0, 0.05) is 11.3 Å². The Morgan fingerprint density at radius 3 is 2.68 bits per heavy atom. The number of aromatic nitrogens is 1. The van der Waals surface area contributed by atoms with Crippen LogP contribution in [0.25, 0.3) is 10.2 Å². The van der Waals surface area contributed by atoms with Gasteiger partial charge >= 0.3 is 0 Å². The Labute approximate surface area is 114 Å². The molecule has 0 atom stereocenters. The molecule has 1 heterocycles. The summed E-state index contributed by atoms with van der Waals surface area (Å²) < 4.78 is 14.6. The van der Waals surface area contributed by atoms with Crippen LogP contribution >= 0.6 is 11.3 Å². The van der Waals surface area contributed by atoms with Crippen LogP contribution in [0, 0.1) is 19.7 Å². The molecule has 1 aromatic heterocycles. The topological polar surface area (TPSA) is 24.9 Å². The summed E-state index contributed by atoms with van der Waals surface area (Å²) in [6.45, 7) is 3.80. The SMILES string of the molecule is Cc1c(F)cccc1Nc1nc2c(C)cccc2s1. The molecule has 0 aliphatic carbocycles. The van der Waals surface area contributed by atoms with Crippen LogP contribution in [0.1, 0.15) is 11.1 Å². The monoisotopic (exact) mass is 272 g/mol. The van der Waals surface area contributed by atoms with Crippen LogP contribution in [-0.2, 0) is 0 Å². The number of thiazole rings is 1. The number of nitrogens with one attached hydrogen (secondary N) is 1. The van der Waals surface area contributed by atoms with Gasteiger partial charge in [0.2, 0.25) is 0 Å². The van der Waals surface area contributed by atoms with Crippen LogP contribution in [0.3, 0.4) is 0 Å². The Bertz CT molecular complexity index is 749. The van der Waals surface area contributed by atoms with Crippen molar-refractivity contribution in [2.24, 2.45) is 0 Å². The maximum absolute atomic E-state index is 13.5. The van der Waals surface area contributed by atoms with Crippen LogP contribution < -0.4 is 5.32 Å². The van der Waals surface area contributed by atoms with Gasteiger partial charge in [0.1, 0.15) is 5.82 Å². The highest BCUT2D eigenvalue weighted by Gasteiger charge is 2.08. The quantitative estimate of drug-likeness (QED) is 0.725. The molecule has 2 aromatic carbocycles. The van der Waals surface area contributed by atoms with Crippen LogP contribution in [-0.4, -0.2) is 4.98 Å². The Morgan fingerprint density at radius 1 is 1.11 bits per heavy atom. The van der Waals surface area contributed by atoms with Gasteiger partial charge in [0.15, 0.2) is 5.13 Å². The van der Waals surface area contributed by atoms with Crippen molar-refractivity contribution in [1.82, 2.24) is 4.98 Å². The fourth-order valence-electron chi connectivity index (χ4n) is 2.00. The van der Waals surface area contributed by atoms with Crippen LogP contribution in [0.4, 0.5) is 15.2 Å². The molecule has 0 fully saturated rings. The summed E-state index contributed by atoms with van der Waals surface area (Å²) in [6.07, 6.45) is 0. The molecular formula is C15H13FN2S. The number of fused-ring (bicyclic) bond motifs is 1. The van der Waals surface area contributed by atoms with Crippen LogP contribution in [0.5, 0.6) is 0 Å². The minimum atomic E-state index is -0.206. The molecule has 0 amide bonds. The van der Waals surface area contributed by atoms with Crippen LogP contribution in [0.2, 0.25) is 0 Å². The first-order valence-electron chi connectivity index (χ1n) is 6.03. The zero-order valence-corrected chi connectivity index (χ0v) is 11.5. The highest BCUT2D eigenvalue weighted by atomic mass is 32.1. The van der Waals surface area contributed by atoms with E-state index >= 15 is 0 Å². The molecule has 0 aliphatic rings. The zero-order valence-electron chi connectivity index (χ0n) is 10.7. The zero-order chi connectivity index (χ0) is 13.4. The van der Waals surface area contributed by atoms with Gasteiger partial charge in [-0.15, -0.1) is 0 Å².